The summed E-state index contributed by atoms with van der Waals surface area (Å²) in [4.78, 5) is 13.5. The number of aliphatic hydroxyl groups excluding tert-OH is 1. The molecule has 1 heterocycles. The van der Waals surface area contributed by atoms with Gasteiger partial charge in [0.15, 0.2) is 0 Å². The molecule has 0 radical (unpaired) electrons. The van der Waals surface area contributed by atoms with E-state index in [2.05, 4.69) is 11.8 Å². The zero-order chi connectivity index (χ0) is 12.1. The standard InChI is InChI=1S/C14H15NO2/c16-11-4-3-7-12-6-1-2-8-13(12)15-10-5-9-14(15)17/h1-2,6,8,16H,4-5,9-11H2. The molecule has 0 aromatic heterocycles. The van der Waals surface area contributed by atoms with Gasteiger partial charge in [0.05, 0.1) is 12.3 Å². The Balaban J connectivity index is 2.28. The van der Waals surface area contributed by atoms with Gasteiger partial charge in [-0.05, 0) is 18.6 Å². The van der Waals surface area contributed by atoms with Crippen LogP contribution in [0.5, 0.6) is 0 Å². The largest absolute Gasteiger partial charge is 0.395 e. The molecule has 17 heavy (non-hydrogen) atoms. The highest BCUT2D eigenvalue weighted by Gasteiger charge is 2.22. The van der Waals surface area contributed by atoms with Crippen LogP contribution in [0, 0.1) is 11.8 Å². The number of benzene rings is 1. The Hall–Kier alpha value is -1.79. The summed E-state index contributed by atoms with van der Waals surface area (Å²) < 4.78 is 0. The predicted molar refractivity (Wildman–Crippen MR) is 66.6 cm³/mol. The van der Waals surface area contributed by atoms with Crippen LogP contribution in [-0.2, 0) is 4.79 Å². The normalized spacial score (nSPS) is 14.6. The molecular weight excluding hydrogens is 214 g/mol. The Morgan fingerprint density at radius 2 is 2.18 bits per heavy atom. The minimum atomic E-state index is 0.0673. The van der Waals surface area contributed by atoms with Crippen LogP contribution in [0.15, 0.2) is 24.3 Å². The lowest BCUT2D eigenvalue weighted by Gasteiger charge is -2.17. The Kier molecular flexibility index (Phi) is 3.79. The molecule has 1 aliphatic rings. The quantitative estimate of drug-likeness (QED) is 0.782. The molecule has 0 aliphatic carbocycles. The SMILES string of the molecule is O=C1CCCN1c1ccccc1C#CCCO. The van der Waals surface area contributed by atoms with Crippen molar-refractivity contribution in [1.82, 2.24) is 0 Å². The maximum atomic E-state index is 11.7. The van der Waals surface area contributed by atoms with Gasteiger partial charge in [0.25, 0.3) is 0 Å². The molecule has 1 aromatic carbocycles. The smallest absolute Gasteiger partial charge is 0.227 e. The fourth-order valence-corrected chi connectivity index (χ4v) is 1.93. The summed E-state index contributed by atoms with van der Waals surface area (Å²) in [6.07, 6.45) is 2.00. The summed E-state index contributed by atoms with van der Waals surface area (Å²) in [6.45, 7) is 0.843. The second-order valence-electron chi connectivity index (χ2n) is 3.94. The summed E-state index contributed by atoms with van der Waals surface area (Å²) in [5.41, 5.74) is 1.75. The zero-order valence-electron chi connectivity index (χ0n) is 9.65. The molecule has 3 nitrogen and oxygen atoms in total. The molecular formula is C14H15NO2. The summed E-state index contributed by atoms with van der Waals surface area (Å²) in [6, 6.07) is 7.66. The Morgan fingerprint density at radius 1 is 1.35 bits per heavy atom. The molecule has 1 saturated heterocycles. The van der Waals surface area contributed by atoms with Gasteiger partial charge in [-0.2, -0.15) is 0 Å². The van der Waals surface area contributed by atoms with Crippen LogP contribution >= 0.6 is 0 Å². The molecule has 1 N–H and O–H groups in total. The molecule has 2 rings (SSSR count). The zero-order valence-corrected chi connectivity index (χ0v) is 9.65. The van der Waals surface area contributed by atoms with Crippen molar-refractivity contribution >= 4 is 11.6 Å². The highest BCUT2D eigenvalue weighted by Crippen LogP contribution is 2.24. The molecule has 0 unspecified atom stereocenters. The van der Waals surface area contributed by atoms with Crippen LogP contribution in [-0.4, -0.2) is 24.2 Å². The third-order valence-corrected chi connectivity index (χ3v) is 2.73. The van der Waals surface area contributed by atoms with E-state index in [1.165, 1.54) is 0 Å². The Morgan fingerprint density at radius 3 is 2.88 bits per heavy atom. The molecule has 88 valence electrons. The first-order chi connectivity index (χ1) is 8.33. The van der Waals surface area contributed by atoms with Crippen LogP contribution in [0.4, 0.5) is 5.69 Å². The summed E-state index contributed by atoms with van der Waals surface area (Å²) in [5.74, 6) is 6.07. The topological polar surface area (TPSA) is 40.5 Å². The molecule has 3 heteroatoms. The molecule has 1 aliphatic heterocycles. The third-order valence-electron chi connectivity index (χ3n) is 2.73. The molecule has 1 aromatic rings. The maximum absolute atomic E-state index is 11.7. The second kappa shape index (κ2) is 5.51. The first kappa shape index (κ1) is 11.7. The first-order valence-corrected chi connectivity index (χ1v) is 5.82. The number of carbonyl (C=O) groups is 1. The van der Waals surface area contributed by atoms with Crippen molar-refractivity contribution in [3.8, 4) is 11.8 Å². The number of hydrogen-bond acceptors (Lipinski definition) is 2. The van der Waals surface area contributed by atoms with Gasteiger partial charge in [0.2, 0.25) is 5.91 Å². The van der Waals surface area contributed by atoms with Gasteiger partial charge in [-0.15, -0.1) is 0 Å². The molecule has 0 saturated carbocycles. The van der Waals surface area contributed by atoms with Crippen molar-refractivity contribution in [3.05, 3.63) is 29.8 Å². The van der Waals surface area contributed by atoms with Gasteiger partial charge in [-0.1, -0.05) is 24.0 Å². The van der Waals surface area contributed by atoms with Crippen LogP contribution in [0.1, 0.15) is 24.8 Å². The van der Waals surface area contributed by atoms with Crippen LogP contribution in [0.2, 0.25) is 0 Å². The molecule has 0 bridgehead atoms. The average molecular weight is 229 g/mol. The average Bonchev–Trinajstić information content (AvgIpc) is 2.76. The van der Waals surface area contributed by atoms with Gasteiger partial charge in [-0.25, -0.2) is 0 Å². The monoisotopic (exact) mass is 229 g/mol. The van der Waals surface area contributed by atoms with Crippen molar-refractivity contribution in [2.75, 3.05) is 18.1 Å². The van der Waals surface area contributed by atoms with Gasteiger partial charge >= 0.3 is 0 Å². The third kappa shape index (κ3) is 2.66. The van der Waals surface area contributed by atoms with E-state index >= 15 is 0 Å². The van der Waals surface area contributed by atoms with E-state index in [1.807, 2.05) is 24.3 Å². The highest BCUT2D eigenvalue weighted by molar-refractivity contribution is 5.96. The van der Waals surface area contributed by atoms with Crippen molar-refractivity contribution in [1.29, 1.82) is 0 Å². The van der Waals surface area contributed by atoms with Crippen LogP contribution in [0.25, 0.3) is 0 Å². The van der Waals surface area contributed by atoms with Crippen molar-refractivity contribution in [2.24, 2.45) is 0 Å². The second-order valence-corrected chi connectivity index (χ2v) is 3.94. The van der Waals surface area contributed by atoms with Gasteiger partial charge in [0.1, 0.15) is 0 Å². The molecule has 1 fully saturated rings. The van der Waals surface area contributed by atoms with E-state index in [0.717, 1.165) is 24.2 Å². The fourth-order valence-electron chi connectivity index (χ4n) is 1.93. The molecule has 1 amide bonds. The molecule has 0 spiro atoms. The lowest BCUT2D eigenvalue weighted by atomic mass is 10.1. The lowest BCUT2D eigenvalue weighted by Crippen LogP contribution is -2.24. The number of carbonyl (C=O) groups excluding carboxylic acids is 1. The van der Waals surface area contributed by atoms with Crippen molar-refractivity contribution in [3.63, 3.8) is 0 Å². The first-order valence-electron chi connectivity index (χ1n) is 5.82. The van der Waals surface area contributed by atoms with Crippen molar-refractivity contribution < 1.29 is 9.90 Å². The maximum Gasteiger partial charge on any atom is 0.227 e. The number of rotatable bonds is 2. The summed E-state index contributed by atoms with van der Waals surface area (Å²) in [5, 5.41) is 8.70. The van der Waals surface area contributed by atoms with Gasteiger partial charge in [-0.3, -0.25) is 4.79 Å². The number of hydrogen-bond donors (Lipinski definition) is 1. The fraction of sp³-hybridized carbons (Fsp3) is 0.357. The lowest BCUT2D eigenvalue weighted by molar-refractivity contribution is -0.117. The number of para-hydroxylation sites is 1. The van der Waals surface area contributed by atoms with E-state index in [9.17, 15) is 4.79 Å². The van der Waals surface area contributed by atoms with E-state index < -0.39 is 0 Å². The molecule has 0 atom stereocenters. The van der Waals surface area contributed by atoms with Gasteiger partial charge in [0, 0.05) is 24.9 Å². The van der Waals surface area contributed by atoms with E-state index in [1.54, 1.807) is 4.90 Å². The minimum Gasteiger partial charge on any atom is -0.395 e. The van der Waals surface area contributed by atoms with E-state index in [-0.39, 0.29) is 12.5 Å². The number of anilines is 1. The highest BCUT2D eigenvalue weighted by atomic mass is 16.2. The number of amides is 1. The van der Waals surface area contributed by atoms with Crippen molar-refractivity contribution in [2.45, 2.75) is 19.3 Å². The Bertz CT molecular complexity index is 471. The number of nitrogens with zero attached hydrogens (tertiary/aromatic N) is 1. The van der Waals surface area contributed by atoms with Crippen LogP contribution < -0.4 is 4.90 Å². The van der Waals surface area contributed by atoms with Crippen LogP contribution in [0.3, 0.4) is 0 Å². The minimum absolute atomic E-state index is 0.0673. The Labute approximate surface area is 101 Å². The predicted octanol–water partition coefficient (Wildman–Crippen LogP) is 1.55. The van der Waals surface area contributed by atoms with Gasteiger partial charge < -0.3 is 10.0 Å². The van der Waals surface area contributed by atoms with E-state index in [4.69, 9.17) is 5.11 Å². The van der Waals surface area contributed by atoms with E-state index in [0.29, 0.717) is 12.8 Å². The number of aliphatic hydroxyl groups is 1. The summed E-state index contributed by atoms with van der Waals surface area (Å²) >= 11 is 0. The summed E-state index contributed by atoms with van der Waals surface area (Å²) in [7, 11) is 0.